The van der Waals surface area contributed by atoms with E-state index in [9.17, 15) is 0 Å². The molecule has 0 nitrogen and oxygen atoms in total. The lowest BCUT2D eigenvalue weighted by Gasteiger charge is -2.28. The van der Waals surface area contributed by atoms with E-state index in [0.717, 1.165) is 6.42 Å². The Morgan fingerprint density at radius 1 is 0.652 bits per heavy atom. The molecule has 0 heterocycles. The molecule has 0 aliphatic carbocycles. The summed E-state index contributed by atoms with van der Waals surface area (Å²) in [5.74, 6) is 0.645. The van der Waals surface area contributed by atoms with Crippen molar-refractivity contribution in [3.8, 4) is 0 Å². The number of unbranched alkanes of at least 4 members (excludes halogenated alkanes) is 13. The lowest BCUT2D eigenvalue weighted by molar-refractivity contribution is 0.370. The van der Waals surface area contributed by atoms with Gasteiger partial charge < -0.3 is 0 Å². The van der Waals surface area contributed by atoms with Crippen molar-refractivity contribution in [1.29, 1.82) is 0 Å². The minimum Gasteiger partial charge on any atom is -0.119 e. The lowest BCUT2D eigenvalue weighted by atomic mass is 9.88. The summed E-state index contributed by atoms with van der Waals surface area (Å²) in [7, 11) is 0. The van der Waals surface area contributed by atoms with Crippen molar-refractivity contribution >= 4 is 11.6 Å². The largest absolute Gasteiger partial charge is 0.119 e. The fraction of sp³-hybridized carbons (Fsp3) is 1.00. The van der Waals surface area contributed by atoms with E-state index in [-0.39, 0.29) is 4.87 Å². The highest BCUT2D eigenvalue weighted by Gasteiger charge is 2.25. The fourth-order valence-electron chi connectivity index (χ4n) is 3.29. The molecule has 1 heteroatoms. The molecular formula is C22H45Cl. The molecule has 0 radical (unpaired) electrons. The Labute approximate surface area is 153 Å². The first-order valence-corrected chi connectivity index (χ1v) is 11.1. The lowest BCUT2D eigenvalue weighted by Crippen LogP contribution is -2.25. The van der Waals surface area contributed by atoms with Gasteiger partial charge in [0.15, 0.2) is 0 Å². The quantitative estimate of drug-likeness (QED) is 0.182. The van der Waals surface area contributed by atoms with Crippen molar-refractivity contribution in [3.05, 3.63) is 0 Å². The molecule has 0 aliphatic rings. The first kappa shape index (κ1) is 23.3. The average molecular weight is 345 g/mol. The van der Waals surface area contributed by atoms with Gasteiger partial charge in [-0.25, -0.2) is 0 Å². The fourth-order valence-corrected chi connectivity index (χ4v) is 3.40. The molecule has 2 atom stereocenters. The van der Waals surface area contributed by atoms with Crippen LogP contribution in [0.5, 0.6) is 0 Å². The van der Waals surface area contributed by atoms with Gasteiger partial charge in [-0.1, -0.05) is 111 Å². The second-order valence-electron chi connectivity index (χ2n) is 7.92. The van der Waals surface area contributed by atoms with Crippen LogP contribution >= 0.6 is 11.6 Å². The van der Waals surface area contributed by atoms with E-state index >= 15 is 0 Å². The monoisotopic (exact) mass is 344 g/mol. The second kappa shape index (κ2) is 15.8. The summed E-state index contributed by atoms with van der Waals surface area (Å²) in [5, 5.41) is 0. The molecule has 0 saturated carbocycles. The third-order valence-electron chi connectivity index (χ3n) is 5.71. The molecule has 0 aromatic rings. The topological polar surface area (TPSA) is 0 Å². The smallest absolute Gasteiger partial charge is 0.0441 e. The standard InChI is InChI=1S/C22H45Cl/c1-5-7-8-9-10-11-12-13-14-15-16-17-18-19-20-21(3)22(4,23)6-2/h21H,5-20H2,1-4H3. The van der Waals surface area contributed by atoms with Crippen molar-refractivity contribution in [1.82, 2.24) is 0 Å². The van der Waals surface area contributed by atoms with Crippen molar-refractivity contribution in [2.75, 3.05) is 0 Å². The SMILES string of the molecule is CCCCCCCCCCCCCCCCC(C)C(C)(Cl)CC. The van der Waals surface area contributed by atoms with Crippen molar-refractivity contribution in [2.45, 2.75) is 135 Å². The van der Waals surface area contributed by atoms with Gasteiger partial charge >= 0.3 is 0 Å². The van der Waals surface area contributed by atoms with E-state index in [1.807, 2.05) is 0 Å². The first-order valence-electron chi connectivity index (χ1n) is 10.7. The zero-order valence-electron chi connectivity index (χ0n) is 16.8. The minimum atomic E-state index is 0.0105. The maximum atomic E-state index is 6.53. The highest BCUT2D eigenvalue weighted by molar-refractivity contribution is 6.23. The van der Waals surface area contributed by atoms with E-state index in [4.69, 9.17) is 11.6 Å². The van der Waals surface area contributed by atoms with E-state index in [0.29, 0.717) is 5.92 Å². The summed E-state index contributed by atoms with van der Waals surface area (Å²) >= 11 is 6.53. The molecule has 0 spiro atoms. The van der Waals surface area contributed by atoms with Gasteiger partial charge in [0.2, 0.25) is 0 Å². The maximum Gasteiger partial charge on any atom is 0.0441 e. The third kappa shape index (κ3) is 14.3. The van der Waals surface area contributed by atoms with Crippen LogP contribution in [0.4, 0.5) is 0 Å². The summed E-state index contributed by atoms with van der Waals surface area (Å²) in [6.45, 7) is 9.01. The van der Waals surface area contributed by atoms with Crippen LogP contribution in [0.2, 0.25) is 0 Å². The molecule has 0 saturated heterocycles. The highest BCUT2D eigenvalue weighted by atomic mass is 35.5. The van der Waals surface area contributed by atoms with Crippen molar-refractivity contribution < 1.29 is 0 Å². The van der Waals surface area contributed by atoms with Crippen LogP contribution in [0.1, 0.15) is 130 Å². The van der Waals surface area contributed by atoms with E-state index in [1.165, 1.54) is 96.3 Å². The molecule has 0 aromatic carbocycles. The minimum absolute atomic E-state index is 0.0105. The Morgan fingerprint density at radius 3 is 1.35 bits per heavy atom. The molecule has 0 bridgehead atoms. The summed E-state index contributed by atoms with van der Waals surface area (Å²) in [5.41, 5.74) is 0. The summed E-state index contributed by atoms with van der Waals surface area (Å²) in [6.07, 6.45) is 22.5. The van der Waals surface area contributed by atoms with E-state index < -0.39 is 0 Å². The van der Waals surface area contributed by atoms with Crippen LogP contribution in [0, 0.1) is 5.92 Å². The van der Waals surface area contributed by atoms with Crippen LogP contribution in [0.25, 0.3) is 0 Å². The summed E-state index contributed by atoms with van der Waals surface area (Å²) in [6, 6.07) is 0. The average Bonchev–Trinajstić information content (AvgIpc) is 2.54. The Bertz CT molecular complexity index is 234. The number of hydrogen-bond acceptors (Lipinski definition) is 0. The molecule has 0 N–H and O–H groups in total. The molecule has 0 fully saturated rings. The number of alkyl halides is 1. The number of hydrogen-bond donors (Lipinski definition) is 0. The van der Waals surface area contributed by atoms with Crippen LogP contribution in [0.15, 0.2) is 0 Å². The molecule has 0 aliphatic heterocycles. The van der Waals surface area contributed by atoms with Crippen LogP contribution in [-0.2, 0) is 0 Å². The van der Waals surface area contributed by atoms with Crippen LogP contribution < -0.4 is 0 Å². The number of halogens is 1. The molecule has 140 valence electrons. The normalized spacial score (nSPS) is 15.5. The molecule has 0 rings (SSSR count). The van der Waals surface area contributed by atoms with Gasteiger partial charge in [-0.2, -0.15) is 0 Å². The third-order valence-corrected chi connectivity index (χ3v) is 6.35. The van der Waals surface area contributed by atoms with Crippen LogP contribution in [-0.4, -0.2) is 4.87 Å². The Morgan fingerprint density at radius 2 is 1.00 bits per heavy atom. The van der Waals surface area contributed by atoms with Gasteiger partial charge in [0.05, 0.1) is 0 Å². The van der Waals surface area contributed by atoms with E-state index in [2.05, 4.69) is 27.7 Å². The Kier molecular flexibility index (Phi) is 16.0. The highest BCUT2D eigenvalue weighted by Crippen LogP contribution is 2.32. The Balaban J connectivity index is 3.19. The van der Waals surface area contributed by atoms with E-state index in [1.54, 1.807) is 0 Å². The van der Waals surface area contributed by atoms with Gasteiger partial charge in [0, 0.05) is 4.87 Å². The maximum absolute atomic E-state index is 6.53. The predicted octanol–water partition coefficient (Wildman–Crippen LogP) is 8.90. The zero-order valence-corrected chi connectivity index (χ0v) is 17.5. The molecule has 2 unspecified atom stereocenters. The van der Waals surface area contributed by atoms with Gasteiger partial charge in [0.1, 0.15) is 0 Å². The molecular weight excluding hydrogens is 300 g/mol. The Hall–Kier alpha value is 0.290. The van der Waals surface area contributed by atoms with Crippen LogP contribution in [0.3, 0.4) is 0 Å². The summed E-state index contributed by atoms with van der Waals surface area (Å²) in [4.78, 5) is 0.0105. The van der Waals surface area contributed by atoms with Gasteiger partial charge in [-0.3, -0.25) is 0 Å². The molecule has 23 heavy (non-hydrogen) atoms. The second-order valence-corrected chi connectivity index (χ2v) is 8.78. The number of rotatable bonds is 17. The van der Waals surface area contributed by atoms with Gasteiger partial charge in [-0.05, 0) is 25.7 Å². The zero-order chi connectivity index (χ0) is 17.4. The molecule has 0 amide bonds. The predicted molar refractivity (Wildman–Crippen MR) is 109 cm³/mol. The first-order chi connectivity index (χ1) is 11.0. The van der Waals surface area contributed by atoms with Gasteiger partial charge in [-0.15, -0.1) is 11.6 Å². The van der Waals surface area contributed by atoms with Crippen molar-refractivity contribution in [3.63, 3.8) is 0 Å². The molecule has 0 aromatic heterocycles. The van der Waals surface area contributed by atoms with Crippen molar-refractivity contribution in [2.24, 2.45) is 5.92 Å². The summed E-state index contributed by atoms with van der Waals surface area (Å²) < 4.78 is 0. The van der Waals surface area contributed by atoms with Gasteiger partial charge in [0.25, 0.3) is 0 Å².